The van der Waals surface area contributed by atoms with Crippen molar-refractivity contribution < 1.29 is 0 Å². The van der Waals surface area contributed by atoms with Crippen molar-refractivity contribution in [1.29, 1.82) is 0 Å². The lowest BCUT2D eigenvalue weighted by Gasteiger charge is -2.44. The van der Waals surface area contributed by atoms with Crippen LogP contribution in [0.2, 0.25) is 0 Å². The number of para-hydroxylation sites is 6. The maximum absolute atomic E-state index is 5.23. The van der Waals surface area contributed by atoms with Crippen LogP contribution in [0.5, 0.6) is 0 Å². The van der Waals surface area contributed by atoms with E-state index in [0.717, 1.165) is 56.2 Å². The lowest BCUT2D eigenvalue weighted by molar-refractivity contribution is 0.758. The second-order valence-corrected chi connectivity index (χ2v) is 16.5. The lowest BCUT2D eigenvalue weighted by atomic mass is 9.59. The lowest BCUT2D eigenvalue weighted by Crippen LogP contribution is -2.28. The highest BCUT2D eigenvalue weighted by Gasteiger charge is 2.43. The van der Waals surface area contributed by atoms with E-state index in [9.17, 15) is 0 Å². The Labute approximate surface area is 359 Å². The van der Waals surface area contributed by atoms with Gasteiger partial charge in [0.25, 0.3) is 0 Å². The summed E-state index contributed by atoms with van der Waals surface area (Å²) in [5, 5.41) is 0. The van der Waals surface area contributed by atoms with Crippen LogP contribution in [0.1, 0.15) is 45.2 Å². The Morgan fingerprint density at radius 1 is 0.306 bits per heavy atom. The van der Waals surface area contributed by atoms with E-state index in [1.165, 1.54) is 55.6 Å². The van der Waals surface area contributed by atoms with E-state index in [-0.39, 0.29) is 11.8 Å². The van der Waals surface area contributed by atoms with Gasteiger partial charge in [-0.25, -0.2) is 9.97 Å². The SMILES string of the molecule is c1ccc(-n2c(-c3cccc(-c4cccc5c4C4c6ccccc6C5c5c(-c6cccc(-c7nc8ccccc8n7-c7ccccc7)c6)cccc54)c3)nc3ccccc32)cc1. The van der Waals surface area contributed by atoms with E-state index in [0.29, 0.717) is 0 Å². The first-order chi connectivity index (χ1) is 30.8. The van der Waals surface area contributed by atoms with Crippen LogP contribution >= 0.6 is 0 Å². The third-order valence-electron chi connectivity index (χ3n) is 13.1. The van der Waals surface area contributed by atoms with Crippen LogP contribution in [0.3, 0.4) is 0 Å². The first kappa shape index (κ1) is 34.8. The monoisotopic (exact) mass is 790 g/mol. The molecule has 0 radical (unpaired) electrons. The number of imidazole rings is 2. The third-order valence-corrected chi connectivity index (χ3v) is 13.1. The molecule has 0 aliphatic heterocycles. The van der Waals surface area contributed by atoms with Gasteiger partial charge in [-0.15, -0.1) is 0 Å². The number of fused-ring (bicyclic) bond motifs is 2. The Morgan fingerprint density at radius 3 is 1.15 bits per heavy atom. The molecule has 14 rings (SSSR count). The normalized spacial score (nSPS) is 14.8. The van der Waals surface area contributed by atoms with E-state index in [4.69, 9.17) is 9.97 Å². The Hall–Kier alpha value is -8.08. The molecule has 3 aliphatic carbocycles. The molecule has 2 heterocycles. The van der Waals surface area contributed by atoms with E-state index in [2.05, 4.69) is 228 Å². The summed E-state index contributed by atoms with van der Waals surface area (Å²) >= 11 is 0. The van der Waals surface area contributed by atoms with E-state index < -0.39 is 0 Å². The van der Waals surface area contributed by atoms with Crippen molar-refractivity contribution in [3.05, 3.63) is 252 Å². The molecule has 62 heavy (non-hydrogen) atoms. The summed E-state index contributed by atoms with van der Waals surface area (Å²) in [6, 6.07) is 79.1. The van der Waals surface area contributed by atoms with Crippen molar-refractivity contribution in [2.75, 3.05) is 0 Å². The van der Waals surface area contributed by atoms with Crippen LogP contribution in [-0.2, 0) is 0 Å². The van der Waals surface area contributed by atoms with Gasteiger partial charge in [0.15, 0.2) is 0 Å². The first-order valence-corrected chi connectivity index (χ1v) is 21.4. The summed E-state index contributed by atoms with van der Waals surface area (Å²) in [4.78, 5) is 10.5. The highest BCUT2D eigenvalue weighted by Crippen LogP contribution is 2.59. The number of aromatic nitrogens is 4. The van der Waals surface area contributed by atoms with Crippen molar-refractivity contribution in [1.82, 2.24) is 19.1 Å². The van der Waals surface area contributed by atoms with Gasteiger partial charge in [0.05, 0.1) is 22.1 Å². The maximum Gasteiger partial charge on any atom is 0.145 e. The summed E-state index contributed by atoms with van der Waals surface area (Å²) in [6.07, 6.45) is 0. The fourth-order valence-electron chi connectivity index (χ4n) is 10.6. The van der Waals surface area contributed by atoms with Crippen LogP contribution in [0.4, 0.5) is 0 Å². The van der Waals surface area contributed by atoms with Crippen LogP contribution in [0.15, 0.2) is 218 Å². The molecule has 2 atom stereocenters. The van der Waals surface area contributed by atoms with Gasteiger partial charge in [-0.05, 0) is 116 Å². The summed E-state index contributed by atoms with van der Waals surface area (Å²) < 4.78 is 4.58. The van der Waals surface area contributed by atoms with Gasteiger partial charge >= 0.3 is 0 Å². The predicted octanol–water partition coefficient (Wildman–Crippen LogP) is 14.0. The fourth-order valence-corrected chi connectivity index (χ4v) is 10.6. The largest absolute Gasteiger partial charge is 0.292 e. The van der Waals surface area contributed by atoms with Gasteiger partial charge in [0, 0.05) is 34.3 Å². The molecule has 3 aliphatic rings. The molecule has 0 N–H and O–H groups in total. The Bertz CT molecular complexity index is 3300. The Morgan fingerprint density at radius 2 is 0.677 bits per heavy atom. The number of hydrogen-bond donors (Lipinski definition) is 0. The molecule has 290 valence electrons. The van der Waals surface area contributed by atoms with Crippen LogP contribution in [0.25, 0.3) is 78.5 Å². The number of rotatable bonds is 6. The van der Waals surface area contributed by atoms with Crippen LogP contribution in [-0.4, -0.2) is 19.1 Å². The van der Waals surface area contributed by atoms with E-state index >= 15 is 0 Å². The first-order valence-electron chi connectivity index (χ1n) is 21.4. The molecule has 9 aromatic carbocycles. The third kappa shape index (κ3) is 5.20. The van der Waals surface area contributed by atoms with Gasteiger partial charge in [-0.3, -0.25) is 9.13 Å². The Balaban J connectivity index is 0.964. The molecule has 4 heteroatoms. The fraction of sp³-hybridized carbons (Fsp3) is 0.0345. The van der Waals surface area contributed by atoms with Crippen molar-refractivity contribution in [2.45, 2.75) is 11.8 Å². The topological polar surface area (TPSA) is 35.6 Å². The molecule has 0 saturated heterocycles. The molecule has 11 aromatic rings. The molecule has 2 aromatic heterocycles. The smallest absolute Gasteiger partial charge is 0.145 e. The van der Waals surface area contributed by atoms with Gasteiger partial charge in [-0.2, -0.15) is 0 Å². The minimum atomic E-state index is 0.0837. The van der Waals surface area contributed by atoms with Gasteiger partial charge in [0.2, 0.25) is 0 Å². The average molecular weight is 791 g/mol. The molecule has 2 unspecified atom stereocenters. The minimum absolute atomic E-state index is 0.0837. The highest BCUT2D eigenvalue weighted by atomic mass is 15.1. The molecular weight excluding hydrogens is 753 g/mol. The van der Waals surface area contributed by atoms with Crippen molar-refractivity contribution in [2.24, 2.45) is 0 Å². The van der Waals surface area contributed by atoms with Crippen molar-refractivity contribution in [3.63, 3.8) is 0 Å². The van der Waals surface area contributed by atoms with Crippen molar-refractivity contribution in [3.8, 4) is 56.4 Å². The molecule has 0 fully saturated rings. The minimum Gasteiger partial charge on any atom is -0.292 e. The standard InChI is InChI=1S/C58H38N4/c1-3-21-41(22-4-1)61-51-33-11-9-31-49(51)59-57(61)39-19-13-17-37(35-39)43-27-15-29-47-53(43)55-45-25-7-8-26-46(45)56(47)54-44(28-16-30-48(54)55)38-18-14-20-40(36-38)58-60-50-32-10-12-34-52(50)62(58)42-23-5-2-6-24-42/h1-36,55-56H. The summed E-state index contributed by atoms with van der Waals surface area (Å²) in [6.45, 7) is 0. The second kappa shape index (κ2) is 13.7. The molecule has 2 bridgehead atoms. The van der Waals surface area contributed by atoms with Gasteiger partial charge in [-0.1, -0.05) is 158 Å². The number of nitrogens with zero attached hydrogens (tertiary/aromatic N) is 4. The summed E-state index contributed by atoms with van der Waals surface area (Å²) in [5.41, 5.74) is 21.8. The zero-order valence-electron chi connectivity index (χ0n) is 33.7. The molecule has 0 saturated carbocycles. The molecule has 0 spiro atoms. The highest BCUT2D eigenvalue weighted by molar-refractivity contribution is 5.88. The maximum atomic E-state index is 5.23. The molecular formula is C58H38N4. The van der Waals surface area contributed by atoms with Gasteiger partial charge in [0.1, 0.15) is 11.6 Å². The second-order valence-electron chi connectivity index (χ2n) is 16.5. The van der Waals surface area contributed by atoms with E-state index in [1.54, 1.807) is 0 Å². The van der Waals surface area contributed by atoms with E-state index in [1.807, 2.05) is 0 Å². The summed E-state index contributed by atoms with van der Waals surface area (Å²) in [7, 11) is 0. The van der Waals surface area contributed by atoms with Crippen molar-refractivity contribution >= 4 is 22.1 Å². The molecule has 4 nitrogen and oxygen atoms in total. The number of benzene rings is 9. The van der Waals surface area contributed by atoms with Crippen LogP contribution < -0.4 is 0 Å². The zero-order valence-corrected chi connectivity index (χ0v) is 33.7. The number of hydrogen-bond acceptors (Lipinski definition) is 2. The quantitative estimate of drug-likeness (QED) is 0.168. The zero-order chi connectivity index (χ0) is 40.7. The Kier molecular flexibility index (Phi) is 7.70. The van der Waals surface area contributed by atoms with Crippen LogP contribution in [0, 0.1) is 0 Å². The molecule has 0 amide bonds. The predicted molar refractivity (Wildman–Crippen MR) is 252 cm³/mol. The summed E-state index contributed by atoms with van der Waals surface area (Å²) in [5.74, 6) is 2.04. The average Bonchev–Trinajstić information content (AvgIpc) is 3.94. The van der Waals surface area contributed by atoms with Gasteiger partial charge < -0.3 is 0 Å².